The van der Waals surface area contributed by atoms with Gasteiger partial charge < -0.3 is 14.8 Å². The number of para-hydroxylation sites is 1. The molecule has 2 atom stereocenters. The van der Waals surface area contributed by atoms with Gasteiger partial charge in [0.2, 0.25) is 0 Å². The molecule has 2 aromatic carbocycles. The molecular weight excluding hydrogens is 424 g/mol. The van der Waals surface area contributed by atoms with E-state index in [2.05, 4.69) is 103 Å². The summed E-state index contributed by atoms with van der Waals surface area (Å²) in [5.41, 5.74) is 9.43. The summed E-state index contributed by atoms with van der Waals surface area (Å²) in [6.45, 7) is 8.66. The van der Waals surface area contributed by atoms with Crippen molar-refractivity contribution in [1.82, 2.24) is 14.9 Å². The Labute approximate surface area is 200 Å². The van der Waals surface area contributed by atoms with Crippen molar-refractivity contribution in [3.63, 3.8) is 0 Å². The molecule has 1 N–H and O–H groups in total. The second kappa shape index (κ2) is 8.49. The molecule has 4 nitrogen and oxygen atoms in total. The zero-order valence-corrected chi connectivity index (χ0v) is 20.2. The minimum Gasteiger partial charge on any atom is -0.351 e. The Balaban J connectivity index is 1.70. The highest BCUT2D eigenvalue weighted by Gasteiger charge is 2.42. The van der Waals surface area contributed by atoms with E-state index in [9.17, 15) is 0 Å². The van der Waals surface area contributed by atoms with E-state index >= 15 is 0 Å². The molecule has 1 saturated heterocycles. The molecule has 1 fully saturated rings. The quantitative estimate of drug-likeness (QED) is 0.369. The van der Waals surface area contributed by atoms with Gasteiger partial charge in [-0.1, -0.05) is 36.4 Å². The van der Waals surface area contributed by atoms with Gasteiger partial charge in [0.15, 0.2) is 5.11 Å². The van der Waals surface area contributed by atoms with Crippen LogP contribution in [0, 0.1) is 27.7 Å². The van der Waals surface area contributed by atoms with E-state index in [1.807, 2.05) is 18.3 Å². The first kappa shape index (κ1) is 21.4. The summed E-state index contributed by atoms with van der Waals surface area (Å²) in [5, 5.41) is 4.30. The van der Waals surface area contributed by atoms with Crippen LogP contribution in [0.15, 0.2) is 79.0 Å². The first-order chi connectivity index (χ1) is 16.0. The summed E-state index contributed by atoms with van der Waals surface area (Å²) in [5.74, 6) is 0. The topological polar surface area (TPSA) is 33.1 Å². The maximum atomic E-state index is 5.90. The molecule has 4 aromatic rings. The number of rotatable bonds is 4. The van der Waals surface area contributed by atoms with E-state index in [0.717, 1.165) is 16.5 Å². The Hall–Kier alpha value is -3.44. The molecule has 166 valence electrons. The average Bonchev–Trinajstić information content (AvgIpc) is 3.30. The lowest BCUT2D eigenvalue weighted by Crippen LogP contribution is -2.29. The van der Waals surface area contributed by atoms with Gasteiger partial charge in [-0.15, -0.1) is 0 Å². The number of aryl methyl sites for hydroxylation is 3. The molecule has 33 heavy (non-hydrogen) atoms. The molecule has 0 saturated carbocycles. The van der Waals surface area contributed by atoms with Crippen LogP contribution in [0.1, 0.15) is 45.9 Å². The summed E-state index contributed by atoms with van der Waals surface area (Å²) in [4.78, 5) is 6.95. The van der Waals surface area contributed by atoms with Crippen LogP contribution in [0.5, 0.6) is 0 Å². The van der Waals surface area contributed by atoms with Crippen LogP contribution < -0.4 is 10.2 Å². The highest BCUT2D eigenvalue weighted by atomic mass is 32.1. The van der Waals surface area contributed by atoms with Crippen LogP contribution in [0.4, 0.5) is 5.69 Å². The number of nitrogens with zero attached hydrogens (tertiary/aromatic N) is 3. The van der Waals surface area contributed by atoms with Crippen LogP contribution in [-0.4, -0.2) is 14.7 Å². The van der Waals surface area contributed by atoms with E-state index in [0.29, 0.717) is 0 Å². The minimum absolute atomic E-state index is 0.0156. The van der Waals surface area contributed by atoms with Crippen LogP contribution in [-0.2, 0) is 0 Å². The van der Waals surface area contributed by atoms with Crippen molar-refractivity contribution in [3.05, 3.63) is 113 Å². The molecule has 5 heteroatoms. The number of anilines is 1. The van der Waals surface area contributed by atoms with Gasteiger partial charge in [0.25, 0.3) is 0 Å². The van der Waals surface area contributed by atoms with Crippen molar-refractivity contribution >= 4 is 23.0 Å². The highest BCUT2D eigenvalue weighted by molar-refractivity contribution is 7.80. The Kier molecular flexibility index (Phi) is 5.51. The van der Waals surface area contributed by atoms with E-state index < -0.39 is 0 Å². The number of benzene rings is 2. The van der Waals surface area contributed by atoms with Crippen molar-refractivity contribution < 1.29 is 0 Å². The van der Waals surface area contributed by atoms with Crippen molar-refractivity contribution in [2.24, 2.45) is 0 Å². The monoisotopic (exact) mass is 452 g/mol. The van der Waals surface area contributed by atoms with Gasteiger partial charge in [0, 0.05) is 29.0 Å². The van der Waals surface area contributed by atoms with Crippen molar-refractivity contribution in [2.75, 3.05) is 4.90 Å². The fourth-order valence-corrected chi connectivity index (χ4v) is 5.34. The lowest BCUT2D eigenvalue weighted by Gasteiger charge is -2.28. The lowest BCUT2D eigenvalue weighted by molar-refractivity contribution is 0.565. The third kappa shape index (κ3) is 3.72. The van der Waals surface area contributed by atoms with E-state index in [4.69, 9.17) is 17.2 Å². The highest BCUT2D eigenvalue weighted by Crippen LogP contribution is 2.44. The number of hydrogen-bond acceptors (Lipinski definition) is 2. The molecule has 0 amide bonds. The third-order valence-corrected chi connectivity index (χ3v) is 6.84. The predicted octanol–water partition coefficient (Wildman–Crippen LogP) is 6.28. The van der Waals surface area contributed by atoms with E-state index in [1.165, 1.54) is 33.8 Å². The fourth-order valence-electron chi connectivity index (χ4n) is 5.00. The lowest BCUT2D eigenvalue weighted by atomic mass is 9.96. The zero-order chi connectivity index (χ0) is 23.1. The SMILES string of the molecule is Cc1cccc(N2C(=S)NC(c3ccccn3)C2c2cc(C)n(-c3ccccc3C)c2C)c1. The normalized spacial score (nSPS) is 17.9. The first-order valence-electron chi connectivity index (χ1n) is 11.3. The molecule has 1 aliphatic heterocycles. The Morgan fingerprint density at radius 2 is 1.67 bits per heavy atom. The molecule has 2 aromatic heterocycles. The van der Waals surface area contributed by atoms with Gasteiger partial charge in [-0.3, -0.25) is 4.98 Å². The third-order valence-electron chi connectivity index (χ3n) is 6.52. The minimum atomic E-state index is -0.0509. The summed E-state index contributed by atoms with van der Waals surface area (Å²) >= 11 is 5.90. The Morgan fingerprint density at radius 3 is 2.39 bits per heavy atom. The molecule has 0 spiro atoms. The van der Waals surface area contributed by atoms with Crippen LogP contribution >= 0.6 is 12.2 Å². The number of pyridine rings is 1. The van der Waals surface area contributed by atoms with Gasteiger partial charge in [0.05, 0.1) is 17.8 Å². The molecular formula is C28H28N4S. The number of nitrogens with one attached hydrogen (secondary N) is 1. The van der Waals surface area contributed by atoms with Crippen molar-refractivity contribution in [2.45, 2.75) is 39.8 Å². The second-order valence-electron chi connectivity index (χ2n) is 8.78. The predicted molar refractivity (Wildman–Crippen MR) is 139 cm³/mol. The van der Waals surface area contributed by atoms with Gasteiger partial charge in [-0.05, 0) is 93.0 Å². The van der Waals surface area contributed by atoms with Gasteiger partial charge >= 0.3 is 0 Å². The molecule has 1 aliphatic rings. The molecule has 2 unspecified atom stereocenters. The molecule has 5 rings (SSSR count). The fraction of sp³-hybridized carbons (Fsp3) is 0.214. The number of aromatic nitrogens is 2. The van der Waals surface area contributed by atoms with E-state index in [1.54, 1.807) is 0 Å². The number of hydrogen-bond donors (Lipinski definition) is 1. The Bertz CT molecular complexity index is 1320. The molecule has 3 heterocycles. The van der Waals surface area contributed by atoms with Gasteiger partial charge in [0.1, 0.15) is 0 Å². The molecule has 0 bridgehead atoms. The van der Waals surface area contributed by atoms with Gasteiger partial charge in [-0.2, -0.15) is 0 Å². The second-order valence-corrected chi connectivity index (χ2v) is 9.17. The number of thiocarbonyl (C=S) groups is 1. The summed E-state index contributed by atoms with van der Waals surface area (Å²) in [6, 6.07) is 25.4. The van der Waals surface area contributed by atoms with E-state index in [-0.39, 0.29) is 12.1 Å². The van der Waals surface area contributed by atoms with Crippen LogP contribution in [0.3, 0.4) is 0 Å². The summed E-state index contributed by atoms with van der Waals surface area (Å²) in [7, 11) is 0. The van der Waals surface area contributed by atoms with Crippen molar-refractivity contribution in [1.29, 1.82) is 0 Å². The van der Waals surface area contributed by atoms with Gasteiger partial charge in [-0.25, -0.2) is 0 Å². The average molecular weight is 453 g/mol. The van der Waals surface area contributed by atoms with Crippen molar-refractivity contribution in [3.8, 4) is 5.69 Å². The standard InChI is InChI=1S/C28H28N4S/c1-18-10-9-12-22(16-18)32-27(26(30-28(32)33)24-13-7-8-15-29-24)23-17-20(3)31(21(23)4)25-14-6-5-11-19(25)2/h5-17,26-27H,1-4H3,(H,30,33). The first-order valence-corrected chi connectivity index (χ1v) is 11.7. The Morgan fingerprint density at radius 1 is 0.879 bits per heavy atom. The van der Waals surface area contributed by atoms with Crippen LogP contribution in [0.2, 0.25) is 0 Å². The maximum Gasteiger partial charge on any atom is 0.174 e. The summed E-state index contributed by atoms with van der Waals surface area (Å²) in [6.07, 6.45) is 1.85. The molecule has 0 radical (unpaired) electrons. The maximum absolute atomic E-state index is 5.90. The van der Waals surface area contributed by atoms with Crippen LogP contribution in [0.25, 0.3) is 5.69 Å². The summed E-state index contributed by atoms with van der Waals surface area (Å²) < 4.78 is 2.36. The largest absolute Gasteiger partial charge is 0.351 e. The zero-order valence-electron chi connectivity index (χ0n) is 19.4. The smallest absolute Gasteiger partial charge is 0.174 e. The molecule has 0 aliphatic carbocycles.